The van der Waals surface area contributed by atoms with E-state index < -0.39 is 0 Å². The summed E-state index contributed by atoms with van der Waals surface area (Å²) in [7, 11) is -0.216. The molecule has 0 radical (unpaired) electrons. The standard InChI is InChI=1S/C24H34B2N2O2/c1-23(2)24(3,4)30-26(29-23)21(16-17-10-6-5-7-11-17)25-27-19-14-8-12-18-13-9-15-20(28-25)22(18)19/h8-9,12-15,17,21,27-28H,5-7,10-11,16H2,1-4H3. The third-order valence-electron chi connectivity index (χ3n) is 7.91. The molecule has 6 heteroatoms. The maximum Gasteiger partial charge on any atom is 0.457 e. The van der Waals surface area contributed by atoms with Crippen LogP contribution in [0, 0.1) is 5.92 Å². The Kier molecular flexibility index (Phi) is 5.06. The normalized spacial score (nSPS) is 23.9. The molecular formula is C24H34B2N2O2. The van der Waals surface area contributed by atoms with Gasteiger partial charge in [-0.25, -0.2) is 0 Å². The van der Waals surface area contributed by atoms with Crippen molar-refractivity contribution in [1.82, 2.24) is 0 Å². The van der Waals surface area contributed by atoms with Gasteiger partial charge in [-0.15, -0.1) is 0 Å². The van der Waals surface area contributed by atoms with Crippen molar-refractivity contribution in [2.75, 3.05) is 10.5 Å². The zero-order valence-electron chi connectivity index (χ0n) is 18.8. The third-order valence-corrected chi connectivity index (χ3v) is 7.91. The van der Waals surface area contributed by atoms with Crippen LogP contribution in [0.1, 0.15) is 66.2 Å². The molecule has 0 aromatic heterocycles. The number of benzene rings is 2. The molecule has 158 valence electrons. The maximum atomic E-state index is 6.58. The van der Waals surface area contributed by atoms with Gasteiger partial charge in [0.25, 0.3) is 0 Å². The molecule has 5 rings (SSSR count). The fourth-order valence-electron chi connectivity index (χ4n) is 5.44. The predicted octanol–water partition coefficient (Wildman–Crippen LogP) is 6.14. The molecule has 0 bridgehead atoms. The van der Waals surface area contributed by atoms with Crippen molar-refractivity contribution in [3.8, 4) is 0 Å². The van der Waals surface area contributed by atoms with Crippen LogP contribution in [-0.4, -0.2) is 25.3 Å². The lowest BCUT2D eigenvalue weighted by Gasteiger charge is -2.35. The lowest BCUT2D eigenvalue weighted by atomic mass is 9.43. The molecular weight excluding hydrogens is 370 g/mol. The van der Waals surface area contributed by atoms with Gasteiger partial charge in [0.1, 0.15) is 0 Å². The van der Waals surface area contributed by atoms with Crippen LogP contribution in [0.2, 0.25) is 5.72 Å². The van der Waals surface area contributed by atoms with Crippen molar-refractivity contribution >= 4 is 36.2 Å². The molecule has 30 heavy (non-hydrogen) atoms. The van der Waals surface area contributed by atoms with Crippen LogP contribution >= 0.6 is 0 Å². The van der Waals surface area contributed by atoms with Gasteiger partial charge < -0.3 is 19.8 Å². The van der Waals surface area contributed by atoms with Crippen molar-refractivity contribution in [1.29, 1.82) is 0 Å². The van der Waals surface area contributed by atoms with E-state index in [9.17, 15) is 0 Å². The molecule has 2 aromatic rings. The van der Waals surface area contributed by atoms with E-state index in [0.29, 0.717) is 0 Å². The summed E-state index contributed by atoms with van der Waals surface area (Å²) < 4.78 is 13.2. The zero-order valence-corrected chi connectivity index (χ0v) is 18.8. The van der Waals surface area contributed by atoms with E-state index in [-0.39, 0.29) is 31.0 Å². The second-order valence-corrected chi connectivity index (χ2v) is 10.5. The molecule has 3 aliphatic rings. The molecule has 2 aromatic carbocycles. The number of anilines is 2. The van der Waals surface area contributed by atoms with E-state index in [1.54, 1.807) is 0 Å². The summed E-state index contributed by atoms with van der Waals surface area (Å²) in [6.45, 7) is 8.71. The quantitative estimate of drug-likeness (QED) is 0.601. The molecule has 1 saturated heterocycles. The van der Waals surface area contributed by atoms with Crippen LogP contribution in [0.25, 0.3) is 10.8 Å². The van der Waals surface area contributed by atoms with Gasteiger partial charge >= 0.3 is 14.1 Å². The molecule has 1 unspecified atom stereocenters. The summed E-state index contributed by atoms with van der Waals surface area (Å²) in [4.78, 5) is 0. The van der Waals surface area contributed by atoms with Crippen molar-refractivity contribution in [3.05, 3.63) is 36.4 Å². The summed E-state index contributed by atoms with van der Waals surface area (Å²) >= 11 is 0. The topological polar surface area (TPSA) is 42.5 Å². The highest BCUT2D eigenvalue weighted by atomic mass is 16.7. The molecule has 2 fully saturated rings. The van der Waals surface area contributed by atoms with Crippen molar-refractivity contribution in [2.24, 2.45) is 5.92 Å². The summed E-state index contributed by atoms with van der Waals surface area (Å²) in [5, 5.41) is 10.2. The molecule has 4 nitrogen and oxygen atoms in total. The Hall–Kier alpha value is -1.65. The largest absolute Gasteiger partial charge is 0.457 e. The van der Waals surface area contributed by atoms with Gasteiger partial charge in [0, 0.05) is 22.5 Å². The molecule has 1 aliphatic carbocycles. The second kappa shape index (κ2) is 7.49. The average Bonchev–Trinajstić information content (AvgIpc) is 2.94. The minimum Gasteiger partial charge on any atom is -0.409 e. The average molecular weight is 404 g/mol. The van der Waals surface area contributed by atoms with Gasteiger partial charge in [0.2, 0.25) is 0 Å². The monoisotopic (exact) mass is 404 g/mol. The van der Waals surface area contributed by atoms with Gasteiger partial charge in [-0.2, -0.15) is 0 Å². The molecule has 2 N–H and O–H groups in total. The highest BCUT2D eigenvalue weighted by Crippen LogP contribution is 2.45. The van der Waals surface area contributed by atoms with Gasteiger partial charge in [-0.1, -0.05) is 62.8 Å². The molecule has 2 heterocycles. The van der Waals surface area contributed by atoms with Crippen LogP contribution < -0.4 is 10.5 Å². The lowest BCUT2D eigenvalue weighted by Crippen LogP contribution is -2.49. The smallest absolute Gasteiger partial charge is 0.409 e. The van der Waals surface area contributed by atoms with Crippen molar-refractivity contribution in [3.63, 3.8) is 0 Å². The summed E-state index contributed by atoms with van der Waals surface area (Å²) in [5.41, 5.74) is 2.02. The molecule has 0 spiro atoms. The summed E-state index contributed by atoms with van der Waals surface area (Å²) in [6, 6.07) is 13.0. The Labute approximate surface area is 181 Å². The van der Waals surface area contributed by atoms with Gasteiger partial charge in [0.05, 0.1) is 11.2 Å². The van der Waals surface area contributed by atoms with Crippen molar-refractivity contribution < 1.29 is 9.31 Å². The number of rotatable bonds is 4. The predicted molar refractivity (Wildman–Crippen MR) is 128 cm³/mol. The van der Waals surface area contributed by atoms with Gasteiger partial charge in [-0.05, 0) is 51.1 Å². The van der Waals surface area contributed by atoms with Crippen LogP contribution in [0.15, 0.2) is 36.4 Å². The van der Waals surface area contributed by atoms with Crippen LogP contribution in [0.5, 0.6) is 0 Å². The lowest BCUT2D eigenvalue weighted by molar-refractivity contribution is 0.00578. The summed E-state index contributed by atoms with van der Waals surface area (Å²) in [5.74, 6) is 0.749. The zero-order chi connectivity index (χ0) is 20.9. The third kappa shape index (κ3) is 3.52. The fourth-order valence-corrected chi connectivity index (χ4v) is 5.44. The Morgan fingerprint density at radius 3 is 2.03 bits per heavy atom. The second-order valence-electron chi connectivity index (χ2n) is 10.5. The SMILES string of the molecule is CC1(C)OB(C(CC2CCCCC2)B2Nc3cccc4cccc(c34)N2)OC1(C)C. The molecule has 2 aliphatic heterocycles. The molecule has 1 atom stereocenters. The Morgan fingerprint density at radius 2 is 1.47 bits per heavy atom. The highest BCUT2D eigenvalue weighted by Gasteiger charge is 2.56. The van der Waals surface area contributed by atoms with E-state index in [1.165, 1.54) is 54.3 Å². The first-order valence-electron chi connectivity index (χ1n) is 11.7. The fraction of sp³-hybridized carbons (Fsp3) is 0.583. The Balaban J connectivity index is 1.46. The van der Waals surface area contributed by atoms with Gasteiger partial charge in [0.15, 0.2) is 0 Å². The number of hydrogen-bond acceptors (Lipinski definition) is 4. The van der Waals surface area contributed by atoms with E-state index in [4.69, 9.17) is 9.31 Å². The van der Waals surface area contributed by atoms with Crippen molar-refractivity contribution in [2.45, 2.75) is 83.1 Å². The highest BCUT2D eigenvalue weighted by molar-refractivity contribution is 6.80. The van der Waals surface area contributed by atoms with E-state index >= 15 is 0 Å². The first-order chi connectivity index (χ1) is 14.3. The minimum absolute atomic E-state index is 0.0853. The maximum absolute atomic E-state index is 6.58. The first kappa shape index (κ1) is 20.3. The van der Waals surface area contributed by atoms with Crippen LogP contribution in [-0.2, 0) is 9.31 Å². The van der Waals surface area contributed by atoms with Crippen LogP contribution in [0.3, 0.4) is 0 Å². The number of hydrogen-bond donors (Lipinski definition) is 2. The van der Waals surface area contributed by atoms with E-state index in [2.05, 4.69) is 74.5 Å². The Morgan fingerprint density at radius 1 is 0.900 bits per heavy atom. The van der Waals surface area contributed by atoms with Crippen LogP contribution in [0.4, 0.5) is 11.4 Å². The minimum atomic E-state index is -0.310. The number of nitrogens with one attached hydrogen (secondary N) is 2. The first-order valence-corrected chi connectivity index (χ1v) is 11.7. The summed E-state index contributed by atoms with van der Waals surface area (Å²) in [6.07, 6.45) is 7.87. The molecule has 0 amide bonds. The molecule has 1 saturated carbocycles. The van der Waals surface area contributed by atoms with Gasteiger partial charge in [-0.3, -0.25) is 0 Å². The Bertz CT molecular complexity index is 870. The van der Waals surface area contributed by atoms with E-state index in [1.807, 2.05) is 0 Å². The van der Waals surface area contributed by atoms with E-state index in [0.717, 1.165) is 12.3 Å².